The first-order valence-corrected chi connectivity index (χ1v) is 6.99. The van der Waals surface area contributed by atoms with Crippen molar-refractivity contribution in [1.29, 1.82) is 0 Å². The van der Waals surface area contributed by atoms with E-state index in [0.717, 1.165) is 5.56 Å². The molecule has 0 saturated heterocycles. The predicted molar refractivity (Wildman–Crippen MR) is 81.7 cm³/mol. The standard InChI is InChI=1S/C15H23ClN2O2/c1-15(2,3)20-14(19)10-18(4)13(9-17)11-7-5-6-8-12(11)16/h5-8,13H,9-10,17H2,1-4H3. The Kier molecular flexibility index (Phi) is 5.99. The Morgan fingerprint density at radius 3 is 2.50 bits per heavy atom. The van der Waals surface area contributed by atoms with Crippen LogP contribution in [0.1, 0.15) is 32.4 Å². The Bertz CT molecular complexity index is 457. The summed E-state index contributed by atoms with van der Waals surface area (Å²) in [6.45, 7) is 6.09. The zero-order valence-electron chi connectivity index (χ0n) is 12.5. The van der Waals surface area contributed by atoms with Crippen molar-refractivity contribution in [2.45, 2.75) is 32.4 Å². The third kappa shape index (κ3) is 5.12. The van der Waals surface area contributed by atoms with Gasteiger partial charge in [-0.05, 0) is 39.4 Å². The van der Waals surface area contributed by atoms with Crippen LogP contribution in [-0.2, 0) is 9.53 Å². The van der Waals surface area contributed by atoms with Crippen LogP contribution in [0.4, 0.5) is 0 Å². The number of halogens is 1. The summed E-state index contributed by atoms with van der Waals surface area (Å²) < 4.78 is 5.31. The average Bonchev–Trinajstić information content (AvgIpc) is 2.29. The Morgan fingerprint density at radius 1 is 1.40 bits per heavy atom. The van der Waals surface area contributed by atoms with Gasteiger partial charge in [-0.25, -0.2) is 0 Å². The van der Waals surface area contributed by atoms with Crippen LogP contribution < -0.4 is 5.73 Å². The SMILES string of the molecule is CN(CC(=O)OC(C)(C)C)C(CN)c1ccccc1Cl. The van der Waals surface area contributed by atoms with Gasteiger partial charge in [-0.1, -0.05) is 29.8 Å². The molecule has 4 nitrogen and oxygen atoms in total. The molecular formula is C15H23ClN2O2. The van der Waals surface area contributed by atoms with Crippen LogP contribution in [0.3, 0.4) is 0 Å². The number of ether oxygens (including phenoxy) is 1. The number of hydrogen-bond acceptors (Lipinski definition) is 4. The lowest BCUT2D eigenvalue weighted by Gasteiger charge is -2.28. The number of esters is 1. The number of nitrogens with zero attached hydrogens (tertiary/aromatic N) is 1. The molecule has 20 heavy (non-hydrogen) atoms. The van der Waals surface area contributed by atoms with Crippen molar-refractivity contribution in [3.63, 3.8) is 0 Å². The molecule has 1 unspecified atom stereocenters. The number of benzene rings is 1. The molecule has 0 aromatic heterocycles. The third-order valence-corrected chi connectivity index (χ3v) is 3.16. The fourth-order valence-electron chi connectivity index (χ4n) is 1.98. The number of hydrogen-bond donors (Lipinski definition) is 1. The first-order chi connectivity index (χ1) is 9.24. The summed E-state index contributed by atoms with van der Waals surface area (Å²) in [5.41, 5.74) is 6.26. The predicted octanol–water partition coefficient (Wildman–Crippen LogP) is 2.61. The lowest BCUT2D eigenvalue weighted by molar-refractivity contribution is -0.156. The highest BCUT2D eigenvalue weighted by Crippen LogP contribution is 2.25. The van der Waals surface area contributed by atoms with E-state index in [-0.39, 0.29) is 18.6 Å². The molecule has 0 saturated carbocycles. The van der Waals surface area contributed by atoms with E-state index in [1.54, 1.807) is 0 Å². The topological polar surface area (TPSA) is 55.6 Å². The number of carbonyl (C=O) groups is 1. The van der Waals surface area contributed by atoms with E-state index in [9.17, 15) is 4.79 Å². The Labute approximate surface area is 125 Å². The van der Waals surface area contributed by atoms with Gasteiger partial charge in [-0.3, -0.25) is 9.69 Å². The number of carbonyl (C=O) groups excluding carboxylic acids is 1. The summed E-state index contributed by atoms with van der Waals surface area (Å²) >= 11 is 6.19. The van der Waals surface area contributed by atoms with Crippen LogP contribution in [-0.4, -0.2) is 36.6 Å². The number of rotatable bonds is 5. The highest BCUT2D eigenvalue weighted by atomic mass is 35.5. The van der Waals surface area contributed by atoms with Crippen LogP contribution in [0.25, 0.3) is 0 Å². The highest BCUT2D eigenvalue weighted by Gasteiger charge is 2.23. The lowest BCUT2D eigenvalue weighted by atomic mass is 10.1. The van der Waals surface area contributed by atoms with Crippen molar-refractivity contribution in [2.75, 3.05) is 20.1 Å². The van der Waals surface area contributed by atoms with Gasteiger partial charge in [0.15, 0.2) is 0 Å². The van der Waals surface area contributed by atoms with Crippen molar-refractivity contribution >= 4 is 17.6 Å². The summed E-state index contributed by atoms with van der Waals surface area (Å²) in [4.78, 5) is 13.7. The van der Waals surface area contributed by atoms with E-state index in [1.165, 1.54) is 0 Å². The van der Waals surface area contributed by atoms with Crippen molar-refractivity contribution < 1.29 is 9.53 Å². The van der Waals surface area contributed by atoms with Gasteiger partial charge in [0.25, 0.3) is 0 Å². The molecule has 1 atom stereocenters. The van der Waals surface area contributed by atoms with Crippen LogP contribution in [0.15, 0.2) is 24.3 Å². The monoisotopic (exact) mass is 298 g/mol. The second kappa shape index (κ2) is 7.07. The van der Waals surface area contributed by atoms with Crippen LogP contribution in [0, 0.1) is 0 Å². The molecule has 0 spiro atoms. The summed E-state index contributed by atoms with van der Waals surface area (Å²) in [7, 11) is 1.84. The molecule has 112 valence electrons. The van der Waals surface area contributed by atoms with Gasteiger partial charge in [0, 0.05) is 17.6 Å². The van der Waals surface area contributed by atoms with Gasteiger partial charge in [-0.2, -0.15) is 0 Å². The largest absolute Gasteiger partial charge is 0.459 e. The second-order valence-corrected chi connectivity index (χ2v) is 6.18. The van der Waals surface area contributed by atoms with E-state index in [0.29, 0.717) is 11.6 Å². The average molecular weight is 299 g/mol. The molecule has 1 aromatic rings. The van der Waals surface area contributed by atoms with Gasteiger partial charge in [-0.15, -0.1) is 0 Å². The van der Waals surface area contributed by atoms with E-state index in [1.807, 2.05) is 57.0 Å². The van der Waals surface area contributed by atoms with Gasteiger partial charge in [0.1, 0.15) is 5.60 Å². The van der Waals surface area contributed by atoms with Gasteiger partial charge >= 0.3 is 5.97 Å². The fourth-order valence-corrected chi connectivity index (χ4v) is 2.24. The maximum atomic E-state index is 11.9. The molecule has 0 heterocycles. The van der Waals surface area contributed by atoms with Crippen LogP contribution in [0.5, 0.6) is 0 Å². The maximum Gasteiger partial charge on any atom is 0.320 e. The normalized spacial score (nSPS) is 13.3. The summed E-state index contributed by atoms with van der Waals surface area (Å²) in [5, 5.41) is 0.652. The molecule has 0 bridgehead atoms. The number of nitrogens with two attached hydrogens (primary N) is 1. The molecule has 0 aliphatic heterocycles. The molecule has 0 fully saturated rings. The Hall–Kier alpha value is -1.10. The summed E-state index contributed by atoms with van der Waals surface area (Å²) in [6, 6.07) is 7.40. The van der Waals surface area contributed by atoms with Gasteiger partial charge < -0.3 is 10.5 Å². The zero-order chi connectivity index (χ0) is 15.3. The van der Waals surface area contributed by atoms with E-state index in [2.05, 4.69) is 0 Å². The lowest BCUT2D eigenvalue weighted by Crippen LogP contribution is -2.37. The van der Waals surface area contributed by atoms with E-state index >= 15 is 0 Å². The smallest absolute Gasteiger partial charge is 0.320 e. The molecule has 5 heteroatoms. The molecule has 1 rings (SSSR count). The van der Waals surface area contributed by atoms with E-state index < -0.39 is 5.60 Å². The summed E-state index contributed by atoms with van der Waals surface area (Å²) in [5.74, 6) is -0.273. The first-order valence-electron chi connectivity index (χ1n) is 6.61. The molecule has 0 aliphatic carbocycles. The van der Waals surface area contributed by atoms with E-state index in [4.69, 9.17) is 22.1 Å². The number of likely N-dealkylation sites (N-methyl/N-ethyl adjacent to an activating group) is 1. The van der Waals surface area contributed by atoms with Crippen molar-refractivity contribution in [1.82, 2.24) is 4.90 Å². The van der Waals surface area contributed by atoms with Gasteiger partial charge in [0.2, 0.25) is 0 Å². The molecule has 0 amide bonds. The van der Waals surface area contributed by atoms with Crippen molar-refractivity contribution in [2.24, 2.45) is 5.73 Å². The Morgan fingerprint density at radius 2 is 2.00 bits per heavy atom. The molecular weight excluding hydrogens is 276 g/mol. The third-order valence-electron chi connectivity index (χ3n) is 2.82. The van der Waals surface area contributed by atoms with Gasteiger partial charge in [0.05, 0.1) is 6.54 Å². The fraction of sp³-hybridized carbons (Fsp3) is 0.533. The molecule has 2 N–H and O–H groups in total. The summed E-state index contributed by atoms with van der Waals surface area (Å²) in [6.07, 6.45) is 0. The second-order valence-electron chi connectivity index (χ2n) is 5.77. The molecule has 0 radical (unpaired) electrons. The molecule has 0 aliphatic rings. The van der Waals surface area contributed by atoms with Crippen molar-refractivity contribution in [3.8, 4) is 0 Å². The maximum absolute atomic E-state index is 11.9. The van der Waals surface area contributed by atoms with Crippen molar-refractivity contribution in [3.05, 3.63) is 34.9 Å². The zero-order valence-corrected chi connectivity index (χ0v) is 13.3. The quantitative estimate of drug-likeness (QED) is 0.849. The minimum Gasteiger partial charge on any atom is -0.459 e. The minimum atomic E-state index is -0.486. The minimum absolute atomic E-state index is 0.115. The Balaban J connectivity index is 2.76. The molecule has 1 aromatic carbocycles. The highest BCUT2D eigenvalue weighted by molar-refractivity contribution is 6.31. The first kappa shape index (κ1) is 17.0. The van der Waals surface area contributed by atoms with Crippen LogP contribution >= 0.6 is 11.6 Å². The van der Waals surface area contributed by atoms with Crippen LogP contribution in [0.2, 0.25) is 5.02 Å².